The Hall–Kier alpha value is -2.40. The summed E-state index contributed by atoms with van der Waals surface area (Å²) in [5.74, 6) is 0.116. The molecule has 10 heteroatoms. The van der Waals surface area contributed by atoms with Gasteiger partial charge in [-0.2, -0.15) is 0 Å². The zero-order valence-electron chi connectivity index (χ0n) is 24.8. The van der Waals surface area contributed by atoms with Gasteiger partial charge < -0.3 is 14.0 Å². The van der Waals surface area contributed by atoms with E-state index in [1.165, 1.54) is 0 Å². The second-order valence-electron chi connectivity index (χ2n) is 12.9. The number of benzene rings is 2. The molecule has 0 unspecified atom stereocenters. The third-order valence-electron chi connectivity index (χ3n) is 7.92. The van der Waals surface area contributed by atoms with Crippen LogP contribution in [-0.2, 0) is 29.8 Å². The topological polar surface area (TPSA) is 85.4 Å². The summed E-state index contributed by atoms with van der Waals surface area (Å²) in [5.41, 5.74) is 0.684. The Bertz CT molecular complexity index is 1270. The lowest BCUT2D eigenvalue weighted by Gasteiger charge is -2.35. The Morgan fingerprint density at radius 3 is 2.17 bits per heavy atom. The first-order valence-corrected chi connectivity index (χ1v) is 15.7. The fourth-order valence-electron chi connectivity index (χ4n) is 4.93. The number of anilines is 1. The van der Waals surface area contributed by atoms with Crippen molar-refractivity contribution < 1.29 is 27.3 Å². The van der Waals surface area contributed by atoms with Gasteiger partial charge in [-0.15, -0.1) is 0 Å². The van der Waals surface area contributed by atoms with E-state index in [1.54, 1.807) is 9.21 Å². The molecule has 0 atom stereocenters. The maximum Gasteiger partial charge on any atom is 0.494 e. The van der Waals surface area contributed by atoms with Crippen molar-refractivity contribution in [2.24, 2.45) is 5.92 Å². The fourth-order valence-corrected chi connectivity index (χ4v) is 6.49. The summed E-state index contributed by atoms with van der Waals surface area (Å²) in [7, 11) is -3.97. The van der Waals surface area contributed by atoms with E-state index in [0.717, 1.165) is 11.0 Å². The Morgan fingerprint density at radius 2 is 1.60 bits per heavy atom. The van der Waals surface area contributed by atoms with Gasteiger partial charge in [0.05, 0.1) is 17.0 Å². The van der Waals surface area contributed by atoms with Gasteiger partial charge in [0.1, 0.15) is 5.60 Å². The molecule has 8 nitrogen and oxygen atoms in total. The molecule has 4 rings (SSSR count). The van der Waals surface area contributed by atoms with E-state index >= 15 is 0 Å². The van der Waals surface area contributed by atoms with Crippen LogP contribution in [-0.4, -0.2) is 62.4 Å². The van der Waals surface area contributed by atoms with Crippen LogP contribution in [0, 0.1) is 5.92 Å². The maximum absolute atomic E-state index is 13.4. The summed E-state index contributed by atoms with van der Waals surface area (Å²) in [5, 5.41) is 0. The zero-order chi connectivity index (χ0) is 29.3. The molecule has 0 aromatic heterocycles. The number of nitrogens with zero attached hydrogens (tertiary/aromatic N) is 2. The predicted octanol–water partition coefficient (Wildman–Crippen LogP) is 4.97. The first-order valence-electron chi connectivity index (χ1n) is 14.0. The molecular weight excluding hydrogens is 527 g/mol. The van der Waals surface area contributed by atoms with E-state index in [4.69, 9.17) is 14.0 Å². The highest BCUT2D eigenvalue weighted by Crippen LogP contribution is 2.37. The van der Waals surface area contributed by atoms with Gasteiger partial charge in [-0.05, 0) is 90.4 Å². The zero-order valence-corrected chi connectivity index (χ0v) is 25.7. The fraction of sp³-hybridized carbons (Fsp3) is 0.567. The molecule has 0 radical (unpaired) electrons. The Kier molecular flexibility index (Phi) is 8.76. The summed E-state index contributed by atoms with van der Waals surface area (Å²) in [6, 6.07) is 16.9. The van der Waals surface area contributed by atoms with E-state index in [9.17, 15) is 13.2 Å². The lowest BCUT2D eigenvalue weighted by atomic mass is 9.79. The molecule has 2 fully saturated rings. The highest BCUT2D eigenvalue weighted by molar-refractivity contribution is 7.88. The number of rotatable bonds is 7. The molecule has 0 bridgehead atoms. The molecule has 2 aliphatic heterocycles. The maximum atomic E-state index is 13.4. The van der Waals surface area contributed by atoms with Crippen molar-refractivity contribution in [3.63, 3.8) is 0 Å². The van der Waals surface area contributed by atoms with Gasteiger partial charge in [0, 0.05) is 25.3 Å². The minimum Gasteiger partial charge on any atom is -0.443 e. The average Bonchev–Trinajstić information content (AvgIpc) is 3.09. The van der Waals surface area contributed by atoms with Crippen LogP contribution in [0.3, 0.4) is 0 Å². The lowest BCUT2D eigenvalue weighted by molar-refractivity contribution is 0.00578. The third kappa shape index (κ3) is 7.27. The molecule has 0 spiro atoms. The van der Waals surface area contributed by atoms with Crippen molar-refractivity contribution in [1.82, 2.24) is 4.31 Å². The van der Waals surface area contributed by atoms with Gasteiger partial charge >= 0.3 is 13.2 Å². The number of hydrogen-bond acceptors (Lipinski definition) is 6. The van der Waals surface area contributed by atoms with E-state index in [0.29, 0.717) is 38.2 Å². The van der Waals surface area contributed by atoms with Crippen LogP contribution in [0.25, 0.3) is 0 Å². The van der Waals surface area contributed by atoms with Crippen LogP contribution in [0.5, 0.6) is 0 Å². The van der Waals surface area contributed by atoms with Crippen molar-refractivity contribution in [2.75, 3.05) is 24.5 Å². The number of hydrogen-bond donors (Lipinski definition) is 0. The summed E-state index contributed by atoms with van der Waals surface area (Å²) in [6.07, 6.45) is 0.881. The Balaban J connectivity index is 1.49. The van der Waals surface area contributed by atoms with Gasteiger partial charge in [0.15, 0.2) is 0 Å². The SMILES string of the molecule is CC(C)(C)OC(=O)N(CC1CCN(S(=O)(=O)Cc2ccccc2)CC1)c1cccc(B2OC(C)(C)C(C)(C)O2)c1. The molecule has 1 amide bonds. The lowest BCUT2D eigenvalue weighted by Crippen LogP contribution is -2.45. The summed E-state index contributed by atoms with van der Waals surface area (Å²) < 4.78 is 45.9. The average molecular weight is 571 g/mol. The third-order valence-corrected chi connectivity index (χ3v) is 9.77. The second-order valence-corrected chi connectivity index (χ2v) is 14.8. The van der Waals surface area contributed by atoms with Crippen LogP contribution in [0.4, 0.5) is 10.5 Å². The number of ether oxygens (including phenoxy) is 1. The van der Waals surface area contributed by atoms with Crippen LogP contribution in [0.15, 0.2) is 54.6 Å². The molecule has 0 aliphatic carbocycles. The summed E-state index contributed by atoms with van der Waals surface area (Å²) in [4.78, 5) is 15.1. The van der Waals surface area contributed by atoms with E-state index < -0.39 is 40.0 Å². The van der Waals surface area contributed by atoms with Crippen LogP contribution < -0.4 is 10.4 Å². The monoisotopic (exact) mass is 570 g/mol. The molecule has 40 heavy (non-hydrogen) atoms. The minimum absolute atomic E-state index is 0.00570. The van der Waals surface area contributed by atoms with Gasteiger partial charge in [-0.1, -0.05) is 42.5 Å². The Labute approximate surface area is 240 Å². The molecule has 2 aliphatic rings. The quantitative estimate of drug-likeness (QED) is 0.437. The van der Waals surface area contributed by atoms with Crippen molar-refractivity contribution in [3.05, 3.63) is 60.2 Å². The van der Waals surface area contributed by atoms with Gasteiger partial charge in [0.2, 0.25) is 10.0 Å². The summed E-state index contributed by atoms with van der Waals surface area (Å²) in [6.45, 7) is 14.9. The molecular formula is C30H43BN2O6S. The van der Waals surface area contributed by atoms with Crippen molar-refractivity contribution in [1.29, 1.82) is 0 Å². The smallest absolute Gasteiger partial charge is 0.443 e. The molecule has 0 N–H and O–H groups in total. The van der Waals surface area contributed by atoms with Gasteiger partial charge in [-0.3, -0.25) is 4.90 Å². The van der Waals surface area contributed by atoms with Gasteiger partial charge in [0.25, 0.3) is 0 Å². The van der Waals surface area contributed by atoms with E-state index in [2.05, 4.69) is 0 Å². The van der Waals surface area contributed by atoms with Crippen LogP contribution in [0.2, 0.25) is 0 Å². The van der Waals surface area contributed by atoms with Crippen molar-refractivity contribution in [3.8, 4) is 0 Å². The highest BCUT2D eigenvalue weighted by atomic mass is 32.2. The van der Waals surface area contributed by atoms with Crippen molar-refractivity contribution >= 4 is 34.4 Å². The largest absolute Gasteiger partial charge is 0.494 e. The molecule has 218 valence electrons. The Morgan fingerprint density at radius 1 is 1.00 bits per heavy atom. The van der Waals surface area contributed by atoms with E-state index in [-0.39, 0.29) is 11.7 Å². The normalized spacial score (nSPS) is 19.9. The number of carbonyl (C=O) groups is 1. The second kappa shape index (κ2) is 11.5. The van der Waals surface area contributed by atoms with Crippen LogP contribution >= 0.6 is 0 Å². The summed E-state index contributed by atoms with van der Waals surface area (Å²) >= 11 is 0. The number of carbonyl (C=O) groups excluding carboxylic acids is 1. The predicted molar refractivity (Wildman–Crippen MR) is 159 cm³/mol. The highest BCUT2D eigenvalue weighted by Gasteiger charge is 2.51. The van der Waals surface area contributed by atoms with Crippen LogP contribution in [0.1, 0.15) is 66.9 Å². The number of amides is 1. The minimum atomic E-state index is -3.41. The van der Waals surface area contributed by atoms with Gasteiger partial charge in [-0.25, -0.2) is 17.5 Å². The van der Waals surface area contributed by atoms with E-state index in [1.807, 2.05) is 103 Å². The molecule has 2 aromatic carbocycles. The first kappa shape index (κ1) is 30.6. The molecule has 2 heterocycles. The molecule has 2 aromatic rings. The number of piperidine rings is 1. The molecule has 0 saturated carbocycles. The molecule has 2 saturated heterocycles. The van der Waals surface area contributed by atoms with Crippen molar-refractivity contribution in [2.45, 2.75) is 83.9 Å². The first-order chi connectivity index (χ1) is 18.6. The number of sulfonamides is 1. The standard InChI is InChI=1S/C30H43BN2O6S/c1-28(2,3)37-27(34)33(26-15-11-14-25(20-26)31-38-29(4,5)30(6,7)39-31)21-23-16-18-32(19-17-23)40(35,36)22-24-12-9-8-10-13-24/h8-15,20,23H,16-19,21-22H2,1-7H3.